The van der Waals surface area contributed by atoms with Crippen LogP contribution in [0.4, 0.5) is 4.39 Å². The Balaban J connectivity index is 2.31. The molecule has 0 aliphatic heterocycles. The monoisotopic (exact) mass is 192 g/mol. The Kier molecular flexibility index (Phi) is 2.14. The van der Waals surface area contributed by atoms with Gasteiger partial charge in [-0.15, -0.1) is 0 Å². The number of rotatable bonds is 2. The van der Waals surface area contributed by atoms with Gasteiger partial charge in [-0.25, -0.2) is 4.39 Å². The summed E-state index contributed by atoms with van der Waals surface area (Å²) in [4.78, 5) is 11.8. The molecule has 2 unspecified atom stereocenters. The predicted molar refractivity (Wildman–Crippen MR) is 52.7 cm³/mol. The van der Waals surface area contributed by atoms with E-state index in [2.05, 4.69) is 6.92 Å². The van der Waals surface area contributed by atoms with Crippen molar-refractivity contribution in [2.45, 2.75) is 20.3 Å². The summed E-state index contributed by atoms with van der Waals surface area (Å²) >= 11 is 0. The van der Waals surface area contributed by atoms with Gasteiger partial charge in [0.05, 0.1) is 0 Å². The molecule has 0 amide bonds. The van der Waals surface area contributed by atoms with Gasteiger partial charge in [-0.05, 0) is 37.0 Å². The Morgan fingerprint density at radius 3 is 2.71 bits per heavy atom. The van der Waals surface area contributed by atoms with E-state index in [4.69, 9.17) is 0 Å². The van der Waals surface area contributed by atoms with Gasteiger partial charge in [-0.2, -0.15) is 0 Å². The van der Waals surface area contributed by atoms with Crippen LogP contribution in [-0.4, -0.2) is 5.78 Å². The Morgan fingerprint density at radius 1 is 1.50 bits per heavy atom. The van der Waals surface area contributed by atoms with E-state index in [0.29, 0.717) is 11.5 Å². The molecule has 2 rings (SSSR count). The maximum absolute atomic E-state index is 12.9. The van der Waals surface area contributed by atoms with Crippen LogP contribution < -0.4 is 0 Å². The summed E-state index contributed by atoms with van der Waals surface area (Å²) in [7, 11) is 0. The summed E-state index contributed by atoms with van der Waals surface area (Å²) in [6.07, 6.45) is 0.953. The van der Waals surface area contributed by atoms with Gasteiger partial charge in [0.2, 0.25) is 0 Å². The van der Waals surface area contributed by atoms with Crippen molar-refractivity contribution in [2.24, 2.45) is 11.8 Å². The summed E-state index contributed by atoms with van der Waals surface area (Å²) < 4.78 is 12.9. The molecule has 74 valence electrons. The van der Waals surface area contributed by atoms with Crippen LogP contribution in [0.15, 0.2) is 18.2 Å². The minimum atomic E-state index is -0.327. The molecule has 2 heteroatoms. The largest absolute Gasteiger partial charge is 0.294 e. The number of carbonyl (C=O) groups is 1. The molecule has 0 heterocycles. The van der Waals surface area contributed by atoms with Gasteiger partial charge in [0, 0.05) is 11.5 Å². The first-order valence-corrected chi connectivity index (χ1v) is 4.90. The number of hydrogen-bond donors (Lipinski definition) is 0. The molecular formula is C12H13FO. The van der Waals surface area contributed by atoms with Crippen LogP contribution in [0.3, 0.4) is 0 Å². The number of carbonyl (C=O) groups excluding carboxylic acids is 1. The first kappa shape index (κ1) is 9.38. The third kappa shape index (κ3) is 1.57. The van der Waals surface area contributed by atoms with Gasteiger partial charge >= 0.3 is 0 Å². The second kappa shape index (κ2) is 3.19. The highest BCUT2D eigenvalue weighted by molar-refractivity contribution is 6.00. The van der Waals surface area contributed by atoms with Crippen LogP contribution in [0.1, 0.15) is 29.3 Å². The second-order valence-corrected chi connectivity index (χ2v) is 4.14. The molecule has 1 saturated carbocycles. The lowest BCUT2D eigenvalue weighted by Crippen LogP contribution is -2.05. The van der Waals surface area contributed by atoms with Gasteiger partial charge in [-0.3, -0.25) is 4.79 Å². The van der Waals surface area contributed by atoms with Crippen molar-refractivity contribution in [3.8, 4) is 0 Å². The van der Waals surface area contributed by atoms with Crippen LogP contribution in [-0.2, 0) is 0 Å². The molecule has 0 saturated heterocycles. The third-order valence-electron chi connectivity index (χ3n) is 2.91. The Bertz CT molecular complexity index is 384. The molecule has 1 aromatic carbocycles. The quantitative estimate of drug-likeness (QED) is 0.658. The standard InChI is InChI=1S/C12H13FO/c1-7-3-4-9(13)6-11(7)12(14)10-5-8(10)2/h3-4,6,8,10H,5H2,1-2H3. The van der Waals surface area contributed by atoms with E-state index in [1.54, 1.807) is 6.07 Å². The minimum absolute atomic E-state index is 0.106. The summed E-state index contributed by atoms with van der Waals surface area (Å²) in [6.45, 7) is 3.90. The minimum Gasteiger partial charge on any atom is -0.294 e. The van der Waals surface area contributed by atoms with E-state index >= 15 is 0 Å². The van der Waals surface area contributed by atoms with Crippen LogP contribution in [0.5, 0.6) is 0 Å². The summed E-state index contributed by atoms with van der Waals surface area (Å²) in [5.74, 6) is 0.391. The predicted octanol–water partition coefficient (Wildman–Crippen LogP) is 2.97. The van der Waals surface area contributed by atoms with Crippen LogP contribution in [0.25, 0.3) is 0 Å². The molecule has 1 aliphatic rings. The first-order valence-electron chi connectivity index (χ1n) is 4.90. The molecule has 14 heavy (non-hydrogen) atoms. The summed E-state index contributed by atoms with van der Waals surface area (Å²) in [6, 6.07) is 4.40. The fourth-order valence-electron chi connectivity index (χ4n) is 1.75. The number of aryl methyl sites for hydroxylation is 1. The van der Waals surface area contributed by atoms with Crippen molar-refractivity contribution in [3.63, 3.8) is 0 Å². The van der Waals surface area contributed by atoms with Crippen LogP contribution >= 0.6 is 0 Å². The average Bonchev–Trinajstić information content (AvgIpc) is 2.86. The van der Waals surface area contributed by atoms with Gasteiger partial charge < -0.3 is 0 Å². The van der Waals surface area contributed by atoms with E-state index in [0.717, 1.165) is 12.0 Å². The molecule has 0 bridgehead atoms. The maximum Gasteiger partial charge on any atom is 0.166 e. The maximum atomic E-state index is 12.9. The normalized spacial score (nSPS) is 24.8. The van der Waals surface area contributed by atoms with E-state index in [9.17, 15) is 9.18 Å². The molecule has 1 aromatic rings. The van der Waals surface area contributed by atoms with Gasteiger partial charge in [0.25, 0.3) is 0 Å². The Hall–Kier alpha value is -1.18. The van der Waals surface area contributed by atoms with Crippen LogP contribution in [0.2, 0.25) is 0 Å². The Morgan fingerprint density at radius 2 is 2.14 bits per heavy atom. The zero-order valence-electron chi connectivity index (χ0n) is 8.38. The number of ketones is 1. The topological polar surface area (TPSA) is 17.1 Å². The highest BCUT2D eigenvalue weighted by Crippen LogP contribution is 2.40. The average molecular weight is 192 g/mol. The lowest BCUT2D eigenvalue weighted by Gasteiger charge is -2.03. The zero-order valence-corrected chi connectivity index (χ0v) is 8.38. The molecule has 2 atom stereocenters. The highest BCUT2D eigenvalue weighted by atomic mass is 19.1. The summed E-state index contributed by atoms with van der Waals surface area (Å²) in [5.41, 5.74) is 1.43. The molecule has 1 fully saturated rings. The number of benzene rings is 1. The molecule has 1 nitrogen and oxygen atoms in total. The molecule has 1 aliphatic carbocycles. The second-order valence-electron chi connectivity index (χ2n) is 4.14. The lowest BCUT2D eigenvalue weighted by molar-refractivity contribution is 0.0961. The SMILES string of the molecule is Cc1ccc(F)cc1C(=O)C1CC1C. The molecule has 0 spiro atoms. The molecule has 0 N–H and O–H groups in total. The van der Waals surface area contributed by atoms with Crippen LogP contribution in [0, 0.1) is 24.6 Å². The van der Waals surface area contributed by atoms with Crippen molar-refractivity contribution in [3.05, 3.63) is 35.1 Å². The van der Waals surface area contributed by atoms with E-state index in [-0.39, 0.29) is 17.5 Å². The van der Waals surface area contributed by atoms with Gasteiger partial charge in [0.15, 0.2) is 5.78 Å². The molecule has 0 radical (unpaired) electrons. The van der Waals surface area contributed by atoms with E-state index < -0.39 is 0 Å². The molecule has 0 aromatic heterocycles. The molecular weight excluding hydrogens is 179 g/mol. The Labute approximate surface area is 82.9 Å². The highest BCUT2D eigenvalue weighted by Gasteiger charge is 2.39. The van der Waals surface area contributed by atoms with Crippen molar-refractivity contribution in [1.82, 2.24) is 0 Å². The smallest absolute Gasteiger partial charge is 0.166 e. The fourth-order valence-corrected chi connectivity index (χ4v) is 1.75. The van der Waals surface area contributed by atoms with Crippen molar-refractivity contribution in [1.29, 1.82) is 0 Å². The van der Waals surface area contributed by atoms with Crippen molar-refractivity contribution in [2.75, 3.05) is 0 Å². The summed E-state index contributed by atoms with van der Waals surface area (Å²) in [5, 5.41) is 0. The number of hydrogen-bond acceptors (Lipinski definition) is 1. The van der Waals surface area contributed by atoms with Crippen molar-refractivity contribution < 1.29 is 9.18 Å². The fraction of sp³-hybridized carbons (Fsp3) is 0.417. The first-order chi connectivity index (χ1) is 6.59. The van der Waals surface area contributed by atoms with Crippen molar-refractivity contribution >= 4 is 5.78 Å². The van der Waals surface area contributed by atoms with E-state index in [1.165, 1.54) is 12.1 Å². The van der Waals surface area contributed by atoms with Gasteiger partial charge in [-0.1, -0.05) is 13.0 Å². The lowest BCUT2D eigenvalue weighted by atomic mass is 10.0. The van der Waals surface area contributed by atoms with Gasteiger partial charge in [0.1, 0.15) is 5.82 Å². The third-order valence-corrected chi connectivity index (χ3v) is 2.91. The zero-order chi connectivity index (χ0) is 10.3. The number of halogens is 1. The van der Waals surface area contributed by atoms with E-state index in [1.807, 2.05) is 6.92 Å². The number of Topliss-reactive ketones (excluding diaryl/α,β-unsaturated/α-hetero) is 1.